The first kappa shape index (κ1) is 20.5. The molecule has 0 aliphatic carbocycles. The molecule has 0 aliphatic heterocycles. The number of carbonyl (C=O) groups is 1. The van der Waals surface area contributed by atoms with Gasteiger partial charge in [-0.1, -0.05) is 60.7 Å². The van der Waals surface area contributed by atoms with Crippen LogP contribution < -0.4 is 10.9 Å². The quantitative estimate of drug-likeness (QED) is 0.474. The van der Waals surface area contributed by atoms with Crippen molar-refractivity contribution < 1.29 is 9.53 Å². The number of benzene rings is 2. The predicted octanol–water partition coefficient (Wildman–Crippen LogP) is 3.57. The Balaban J connectivity index is 1.67. The summed E-state index contributed by atoms with van der Waals surface area (Å²) >= 11 is 0. The molecule has 0 unspecified atom stereocenters. The van der Waals surface area contributed by atoms with E-state index in [1.54, 1.807) is 0 Å². The molecule has 2 aromatic carbocycles. The summed E-state index contributed by atoms with van der Waals surface area (Å²) in [5, 5.41) is 4.70. The topological polar surface area (TPSA) is 81.1 Å². The molecular formula is C22H27N5O2. The van der Waals surface area contributed by atoms with Crippen LogP contribution in [-0.2, 0) is 17.7 Å². The van der Waals surface area contributed by atoms with Crippen LogP contribution in [0.1, 0.15) is 32.2 Å². The van der Waals surface area contributed by atoms with Crippen LogP contribution in [0.2, 0.25) is 0 Å². The van der Waals surface area contributed by atoms with Gasteiger partial charge >= 0.3 is 6.09 Å². The van der Waals surface area contributed by atoms with Crippen molar-refractivity contribution in [2.45, 2.75) is 39.3 Å². The number of aromatic nitrogens is 3. The molecule has 0 atom stereocenters. The predicted molar refractivity (Wildman–Crippen MR) is 112 cm³/mol. The van der Waals surface area contributed by atoms with Crippen LogP contribution in [0.4, 0.5) is 4.79 Å². The van der Waals surface area contributed by atoms with Gasteiger partial charge in [0.2, 0.25) is 0 Å². The summed E-state index contributed by atoms with van der Waals surface area (Å²) in [6, 6.07) is 20.0. The first-order chi connectivity index (χ1) is 13.9. The molecule has 0 saturated heterocycles. The maximum Gasteiger partial charge on any atom is 0.422 e. The summed E-state index contributed by atoms with van der Waals surface area (Å²) in [5.41, 5.74) is 7.03. The molecule has 0 saturated carbocycles. The summed E-state index contributed by atoms with van der Waals surface area (Å²) in [7, 11) is 0. The minimum atomic E-state index is -0.536. The zero-order valence-corrected chi connectivity index (χ0v) is 17.1. The minimum absolute atomic E-state index is 0.501. The lowest BCUT2D eigenvalue weighted by molar-refractivity contribution is 0.0498. The summed E-state index contributed by atoms with van der Waals surface area (Å²) in [4.78, 5) is 16.5. The number of amides is 1. The van der Waals surface area contributed by atoms with E-state index < -0.39 is 11.7 Å². The largest absolute Gasteiger partial charge is 0.443 e. The fourth-order valence-electron chi connectivity index (χ4n) is 2.76. The summed E-state index contributed by atoms with van der Waals surface area (Å²) in [6.07, 6.45) is 0.0934. The van der Waals surface area contributed by atoms with Crippen LogP contribution in [0.15, 0.2) is 60.7 Å². The first-order valence-corrected chi connectivity index (χ1v) is 9.66. The van der Waals surface area contributed by atoms with Crippen molar-refractivity contribution in [3.8, 4) is 11.4 Å². The van der Waals surface area contributed by atoms with Gasteiger partial charge in [-0.2, -0.15) is 5.10 Å². The van der Waals surface area contributed by atoms with Crippen molar-refractivity contribution in [3.63, 3.8) is 0 Å². The third-order valence-corrected chi connectivity index (χ3v) is 4.02. The first-order valence-electron chi connectivity index (χ1n) is 9.66. The lowest BCUT2D eigenvalue weighted by Crippen LogP contribution is -2.42. The standard InChI is InChI=1S/C22H27N5O2/c1-22(2,3)29-21(28)25-23-15-14-19-24-20(18-12-8-5-9-13-18)26-27(19)16-17-10-6-4-7-11-17/h4-13,23H,14-16H2,1-3H3,(H,25,28). The Kier molecular flexibility index (Phi) is 6.61. The van der Waals surface area contributed by atoms with Crippen LogP contribution in [0.3, 0.4) is 0 Å². The zero-order valence-electron chi connectivity index (χ0n) is 17.1. The molecule has 0 bridgehead atoms. The molecule has 0 spiro atoms. The second kappa shape index (κ2) is 9.34. The molecule has 7 heteroatoms. The van der Waals surface area contributed by atoms with Crippen molar-refractivity contribution in [3.05, 3.63) is 72.1 Å². The lowest BCUT2D eigenvalue weighted by atomic mass is 10.2. The van der Waals surface area contributed by atoms with Gasteiger partial charge in [-0.25, -0.2) is 19.9 Å². The number of hydrogen-bond acceptors (Lipinski definition) is 5. The number of rotatable bonds is 7. The van der Waals surface area contributed by atoms with E-state index in [1.165, 1.54) is 0 Å². The summed E-state index contributed by atoms with van der Waals surface area (Å²) in [5.74, 6) is 1.53. The Morgan fingerprint density at radius 2 is 1.69 bits per heavy atom. The Bertz CT molecular complexity index is 917. The third kappa shape index (κ3) is 6.43. The molecule has 1 aromatic heterocycles. The van der Waals surface area contributed by atoms with Gasteiger partial charge in [0, 0.05) is 18.5 Å². The van der Waals surface area contributed by atoms with Crippen LogP contribution in [-0.4, -0.2) is 33.0 Å². The Hall–Kier alpha value is -3.19. The number of ether oxygens (including phenoxy) is 1. The Morgan fingerprint density at radius 1 is 1.03 bits per heavy atom. The van der Waals surface area contributed by atoms with Crippen molar-refractivity contribution in [2.75, 3.05) is 6.54 Å². The van der Waals surface area contributed by atoms with E-state index in [0.29, 0.717) is 25.3 Å². The SMILES string of the molecule is CC(C)(C)OC(=O)NNCCc1nc(-c2ccccc2)nn1Cc1ccccc1. The average molecular weight is 393 g/mol. The highest BCUT2D eigenvalue weighted by Gasteiger charge is 2.16. The molecular weight excluding hydrogens is 366 g/mol. The molecule has 152 valence electrons. The number of carbonyl (C=O) groups excluding carboxylic acids is 1. The maximum atomic E-state index is 11.7. The highest BCUT2D eigenvalue weighted by atomic mass is 16.6. The minimum Gasteiger partial charge on any atom is -0.443 e. The average Bonchev–Trinajstić information content (AvgIpc) is 3.08. The van der Waals surface area contributed by atoms with Crippen LogP contribution in [0.5, 0.6) is 0 Å². The van der Waals surface area contributed by atoms with Gasteiger partial charge in [-0.05, 0) is 26.3 Å². The van der Waals surface area contributed by atoms with Crippen molar-refractivity contribution in [1.29, 1.82) is 0 Å². The van der Waals surface area contributed by atoms with E-state index in [0.717, 1.165) is 17.0 Å². The molecule has 1 heterocycles. The molecule has 3 aromatic rings. The molecule has 29 heavy (non-hydrogen) atoms. The van der Waals surface area contributed by atoms with Gasteiger partial charge in [0.25, 0.3) is 0 Å². The second-order valence-electron chi connectivity index (χ2n) is 7.66. The molecule has 2 N–H and O–H groups in total. The molecule has 0 aliphatic rings. The fourth-order valence-corrected chi connectivity index (χ4v) is 2.76. The number of hydrogen-bond donors (Lipinski definition) is 2. The third-order valence-electron chi connectivity index (χ3n) is 4.02. The van der Waals surface area contributed by atoms with Gasteiger partial charge in [-0.3, -0.25) is 5.43 Å². The second-order valence-corrected chi connectivity index (χ2v) is 7.66. The summed E-state index contributed by atoms with van der Waals surface area (Å²) < 4.78 is 7.12. The van der Waals surface area contributed by atoms with Crippen molar-refractivity contribution >= 4 is 6.09 Å². The molecule has 7 nitrogen and oxygen atoms in total. The van der Waals surface area contributed by atoms with E-state index in [4.69, 9.17) is 14.8 Å². The maximum absolute atomic E-state index is 11.7. The monoisotopic (exact) mass is 393 g/mol. The van der Waals surface area contributed by atoms with Gasteiger partial charge in [0.05, 0.1) is 6.54 Å². The van der Waals surface area contributed by atoms with Crippen LogP contribution >= 0.6 is 0 Å². The number of nitrogens with one attached hydrogen (secondary N) is 2. The highest BCUT2D eigenvalue weighted by molar-refractivity contribution is 5.66. The van der Waals surface area contributed by atoms with Crippen molar-refractivity contribution in [2.24, 2.45) is 0 Å². The fraction of sp³-hybridized carbons (Fsp3) is 0.318. The zero-order chi connectivity index (χ0) is 20.7. The normalized spacial score (nSPS) is 11.3. The van der Waals surface area contributed by atoms with Crippen molar-refractivity contribution in [1.82, 2.24) is 25.6 Å². The van der Waals surface area contributed by atoms with Crippen LogP contribution in [0, 0.1) is 0 Å². The molecule has 3 rings (SSSR count). The number of nitrogens with zero attached hydrogens (tertiary/aromatic N) is 3. The van der Waals surface area contributed by atoms with E-state index in [2.05, 4.69) is 23.0 Å². The van der Waals surface area contributed by atoms with E-state index in [-0.39, 0.29) is 0 Å². The van der Waals surface area contributed by atoms with E-state index in [9.17, 15) is 4.79 Å². The van der Waals surface area contributed by atoms with Gasteiger partial charge < -0.3 is 4.74 Å². The highest BCUT2D eigenvalue weighted by Crippen LogP contribution is 2.16. The van der Waals surface area contributed by atoms with Gasteiger partial charge in [0.15, 0.2) is 5.82 Å². The van der Waals surface area contributed by atoms with E-state index in [1.807, 2.05) is 74.0 Å². The van der Waals surface area contributed by atoms with Gasteiger partial charge in [-0.15, -0.1) is 0 Å². The smallest absolute Gasteiger partial charge is 0.422 e. The Labute approximate surface area is 171 Å². The number of hydrazine groups is 1. The van der Waals surface area contributed by atoms with Gasteiger partial charge in [0.1, 0.15) is 11.4 Å². The molecule has 0 fully saturated rings. The van der Waals surface area contributed by atoms with E-state index >= 15 is 0 Å². The molecule has 1 amide bonds. The lowest BCUT2D eigenvalue weighted by Gasteiger charge is -2.19. The van der Waals surface area contributed by atoms with Crippen LogP contribution in [0.25, 0.3) is 11.4 Å². The molecule has 0 radical (unpaired) electrons. The summed E-state index contributed by atoms with van der Waals surface area (Å²) in [6.45, 7) is 6.60. The Morgan fingerprint density at radius 3 is 2.34 bits per heavy atom.